The van der Waals surface area contributed by atoms with E-state index in [-0.39, 0.29) is 5.92 Å². The molecular formula is C26H23N5O2. The van der Waals surface area contributed by atoms with Gasteiger partial charge in [-0.3, -0.25) is 4.40 Å². The molecule has 0 bridgehead atoms. The number of fused-ring (bicyclic) bond motifs is 2. The number of methoxy groups -OCH3 is 2. The van der Waals surface area contributed by atoms with Crippen LogP contribution in [-0.4, -0.2) is 35.1 Å². The summed E-state index contributed by atoms with van der Waals surface area (Å²) in [6.45, 7) is 0.504. The summed E-state index contributed by atoms with van der Waals surface area (Å²) in [7, 11) is 3.29. The zero-order chi connectivity index (χ0) is 22.8. The van der Waals surface area contributed by atoms with Crippen molar-refractivity contribution in [3.63, 3.8) is 0 Å². The minimum absolute atomic E-state index is 0.0949. The lowest BCUT2D eigenvalue weighted by molar-refractivity contribution is 0.350. The van der Waals surface area contributed by atoms with Gasteiger partial charge in [0.25, 0.3) is 0 Å². The smallest absolute Gasteiger partial charge is 0.168 e. The van der Waals surface area contributed by atoms with Crippen LogP contribution in [0.4, 0.5) is 5.82 Å². The highest BCUT2D eigenvalue weighted by molar-refractivity contribution is 5.84. The molecule has 1 atom stereocenters. The minimum Gasteiger partial charge on any atom is -0.493 e. The lowest BCUT2D eigenvalue weighted by atomic mass is 9.90. The zero-order valence-electron chi connectivity index (χ0n) is 18.4. The average molecular weight is 438 g/mol. The molecule has 33 heavy (non-hydrogen) atoms. The topological polar surface area (TPSA) is 87.4 Å². The standard InChI is InChI=1S/C26H23N5O2/c1-32-23-11-7-9-18(25(23)33-2)20(19-15-28-21-10-4-3-8-17(19)21)16-29-26-22(14-27)31-13-6-5-12-24(31)30-26/h3-13,15,20,28-29H,16H2,1-2H3. The monoisotopic (exact) mass is 437 g/mol. The average Bonchev–Trinajstić information content (AvgIpc) is 3.45. The van der Waals surface area contributed by atoms with Gasteiger partial charge in [-0.05, 0) is 29.8 Å². The third kappa shape index (κ3) is 3.52. The molecule has 1 unspecified atom stereocenters. The SMILES string of the molecule is COc1cccc(C(CNc2nc3ccccn3c2C#N)c2c[nH]c3ccccc23)c1OC. The summed E-state index contributed by atoms with van der Waals surface area (Å²) in [6.07, 6.45) is 3.87. The van der Waals surface area contributed by atoms with Crippen LogP contribution in [0, 0.1) is 11.3 Å². The van der Waals surface area contributed by atoms with Gasteiger partial charge in [-0.2, -0.15) is 5.26 Å². The first kappa shape index (κ1) is 20.5. The zero-order valence-corrected chi connectivity index (χ0v) is 18.4. The maximum absolute atomic E-state index is 9.77. The Hall–Kier alpha value is -4.44. The van der Waals surface area contributed by atoms with Crippen molar-refractivity contribution in [2.75, 3.05) is 26.1 Å². The molecule has 0 saturated carbocycles. The molecule has 0 radical (unpaired) electrons. The molecule has 0 aliphatic rings. The van der Waals surface area contributed by atoms with Crippen LogP contribution >= 0.6 is 0 Å². The number of hydrogen-bond donors (Lipinski definition) is 2. The first-order valence-corrected chi connectivity index (χ1v) is 10.6. The number of aromatic amines is 1. The van der Waals surface area contributed by atoms with Crippen LogP contribution in [0.3, 0.4) is 0 Å². The van der Waals surface area contributed by atoms with Gasteiger partial charge in [-0.1, -0.05) is 36.4 Å². The maximum Gasteiger partial charge on any atom is 0.168 e. The van der Waals surface area contributed by atoms with Crippen molar-refractivity contribution in [1.29, 1.82) is 5.26 Å². The number of hydrogen-bond acceptors (Lipinski definition) is 5. The summed E-state index contributed by atoms with van der Waals surface area (Å²) in [5.74, 6) is 1.82. The molecule has 5 aromatic rings. The predicted molar refractivity (Wildman–Crippen MR) is 128 cm³/mol. The maximum atomic E-state index is 9.77. The molecule has 2 aromatic carbocycles. The third-order valence-corrected chi connectivity index (χ3v) is 5.91. The Morgan fingerprint density at radius 2 is 1.88 bits per heavy atom. The Morgan fingerprint density at radius 3 is 2.70 bits per heavy atom. The molecule has 3 aromatic heterocycles. The van der Waals surface area contributed by atoms with Crippen molar-refractivity contribution in [3.8, 4) is 17.6 Å². The summed E-state index contributed by atoms with van der Waals surface area (Å²) in [5, 5.41) is 14.3. The molecule has 0 fully saturated rings. The van der Waals surface area contributed by atoms with E-state index in [2.05, 4.69) is 33.5 Å². The van der Waals surface area contributed by atoms with Gasteiger partial charge in [0.05, 0.1) is 14.2 Å². The van der Waals surface area contributed by atoms with Crippen molar-refractivity contribution in [3.05, 3.63) is 89.9 Å². The summed E-state index contributed by atoms with van der Waals surface area (Å²) in [4.78, 5) is 8.01. The number of rotatable bonds is 7. The number of nitrogens with zero attached hydrogens (tertiary/aromatic N) is 3. The van der Waals surface area contributed by atoms with Crippen LogP contribution in [0.25, 0.3) is 16.6 Å². The van der Waals surface area contributed by atoms with Crippen LogP contribution in [-0.2, 0) is 0 Å². The number of nitrogens with one attached hydrogen (secondary N) is 2. The molecule has 3 heterocycles. The Balaban J connectivity index is 1.61. The van der Waals surface area contributed by atoms with Crippen molar-refractivity contribution in [1.82, 2.24) is 14.4 Å². The highest BCUT2D eigenvalue weighted by atomic mass is 16.5. The number of aromatic nitrogens is 3. The molecule has 7 heteroatoms. The van der Waals surface area contributed by atoms with E-state index in [4.69, 9.17) is 9.47 Å². The van der Waals surface area contributed by atoms with Crippen molar-refractivity contribution < 1.29 is 9.47 Å². The molecule has 0 aliphatic heterocycles. The van der Waals surface area contributed by atoms with E-state index < -0.39 is 0 Å². The van der Waals surface area contributed by atoms with Crippen LogP contribution < -0.4 is 14.8 Å². The summed E-state index contributed by atoms with van der Waals surface area (Å²) >= 11 is 0. The lowest BCUT2D eigenvalue weighted by Gasteiger charge is -2.22. The summed E-state index contributed by atoms with van der Waals surface area (Å²) in [6, 6.07) is 22.0. The van der Waals surface area contributed by atoms with Crippen molar-refractivity contribution >= 4 is 22.4 Å². The Morgan fingerprint density at radius 1 is 1.03 bits per heavy atom. The van der Waals surface area contributed by atoms with Gasteiger partial charge >= 0.3 is 0 Å². The lowest BCUT2D eigenvalue weighted by Crippen LogP contribution is -2.16. The van der Waals surface area contributed by atoms with Crippen molar-refractivity contribution in [2.24, 2.45) is 0 Å². The molecule has 0 saturated heterocycles. The number of benzene rings is 2. The highest BCUT2D eigenvalue weighted by Gasteiger charge is 2.24. The molecule has 2 N–H and O–H groups in total. The summed E-state index contributed by atoms with van der Waals surface area (Å²) in [5.41, 5.74) is 4.35. The number of para-hydroxylation sites is 2. The number of pyridine rings is 1. The second-order valence-corrected chi connectivity index (χ2v) is 7.66. The van der Waals surface area contributed by atoms with Crippen molar-refractivity contribution in [2.45, 2.75) is 5.92 Å². The van der Waals surface area contributed by atoms with Gasteiger partial charge in [0.2, 0.25) is 0 Å². The number of nitriles is 1. The Kier molecular flexibility index (Phi) is 5.33. The molecular weight excluding hydrogens is 414 g/mol. The first-order chi connectivity index (χ1) is 16.2. The molecule has 0 spiro atoms. The van der Waals surface area contributed by atoms with Crippen LogP contribution in [0.1, 0.15) is 22.7 Å². The van der Waals surface area contributed by atoms with E-state index in [1.54, 1.807) is 18.6 Å². The van der Waals surface area contributed by atoms with Crippen LogP contribution in [0.2, 0.25) is 0 Å². The van der Waals surface area contributed by atoms with Gasteiger partial charge in [-0.15, -0.1) is 0 Å². The van der Waals surface area contributed by atoms with E-state index in [9.17, 15) is 5.26 Å². The third-order valence-electron chi connectivity index (χ3n) is 5.91. The fraction of sp³-hybridized carbons (Fsp3) is 0.154. The fourth-order valence-electron chi connectivity index (χ4n) is 4.38. The van der Waals surface area contributed by atoms with Crippen LogP contribution in [0.15, 0.2) is 73.1 Å². The Labute approximate surface area is 191 Å². The molecule has 0 amide bonds. The predicted octanol–water partition coefficient (Wildman–Crippen LogP) is 4.95. The van der Waals surface area contributed by atoms with Gasteiger partial charge in [0, 0.05) is 41.3 Å². The van der Waals surface area contributed by atoms with E-state index >= 15 is 0 Å². The number of ether oxygens (including phenoxy) is 2. The van der Waals surface area contributed by atoms with E-state index in [0.717, 1.165) is 27.7 Å². The quantitative estimate of drug-likeness (QED) is 0.376. The van der Waals surface area contributed by atoms with Gasteiger partial charge in [-0.25, -0.2) is 4.98 Å². The molecule has 7 nitrogen and oxygen atoms in total. The normalized spacial score (nSPS) is 11.9. The first-order valence-electron chi connectivity index (χ1n) is 10.6. The number of anilines is 1. The minimum atomic E-state index is -0.0949. The van der Waals surface area contributed by atoms with Crippen LogP contribution in [0.5, 0.6) is 11.5 Å². The largest absolute Gasteiger partial charge is 0.493 e. The molecule has 5 rings (SSSR count). The van der Waals surface area contributed by atoms with E-state index in [1.165, 1.54) is 0 Å². The molecule has 0 aliphatic carbocycles. The van der Waals surface area contributed by atoms with Gasteiger partial charge in [0.1, 0.15) is 11.7 Å². The van der Waals surface area contributed by atoms with Gasteiger partial charge in [0.15, 0.2) is 23.0 Å². The Bertz CT molecular complexity index is 1480. The number of imidazole rings is 1. The highest BCUT2D eigenvalue weighted by Crippen LogP contribution is 2.40. The fourth-order valence-corrected chi connectivity index (χ4v) is 4.38. The second-order valence-electron chi connectivity index (χ2n) is 7.66. The molecule has 164 valence electrons. The van der Waals surface area contributed by atoms with E-state index in [1.807, 2.05) is 60.9 Å². The van der Waals surface area contributed by atoms with Gasteiger partial charge < -0.3 is 19.8 Å². The number of H-pyrrole nitrogens is 1. The summed E-state index contributed by atoms with van der Waals surface area (Å²) < 4.78 is 13.1. The van der Waals surface area contributed by atoms with E-state index in [0.29, 0.717) is 29.6 Å². The second kappa shape index (κ2) is 8.60.